The summed E-state index contributed by atoms with van der Waals surface area (Å²) < 4.78 is 77.7. The minimum absolute atomic E-state index is 0.165. The molecule has 0 atom stereocenters. The zero-order valence-electron chi connectivity index (χ0n) is 8.49. The van der Waals surface area contributed by atoms with Crippen LogP contribution in [0.25, 0.3) is 0 Å². The van der Waals surface area contributed by atoms with Crippen LogP contribution < -0.4 is 10.5 Å². The number of hydrogen-bond acceptors (Lipinski definition) is 2. The molecule has 0 unspecified atom stereocenters. The summed E-state index contributed by atoms with van der Waals surface area (Å²) in [4.78, 5) is 0. The number of nitrogen functional groups attached to an aromatic ring is 1. The molecule has 0 aromatic heterocycles. The van der Waals surface area contributed by atoms with E-state index in [0.29, 0.717) is 0 Å². The lowest BCUT2D eigenvalue weighted by Gasteiger charge is -2.20. The average Bonchev–Trinajstić information content (AvgIpc) is 2.20. The van der Waals surface area contributed by atoms with E-state index in [1.54, 1.807) is 0 Å². The number of ether oxygens (including phenoxy) is 1. The molecular formula is C9H6BrF6NO. The van der Waals surface area contributed by atoms with Gasteiger partial charge in [0.15, 0.2) is 6.61 Å². The lowest BCUT2D eigenvalue weighted by Crippen LogP contribution is -2.41. The fraction of sp³-hybridized carbons (Fsp3) is 0.333. The van der Waals surface area contributed by atoms with E-state index >= 15 is 0 Å². The Hall–Kier alpha value is -1.12. The van der Waals surface area contributed by atoms with Crippen LogP contribution in [0.3, 0.4) is 0 Å². The maximum Gasteiger partial charge on any atom is 0.456 e. The first-order valence-corrected chi connectivity index (χ1v) is 5.16. The van der Waals surface area contributed by atoms with Gasteiger partial charge in [0.25, 0.3) is 0 Å². The van der Waals surface area contributed by atoms with E-state index in [2.05, 4.69) is 20.7 Å². The van der Waals surface area contributed by atoms with Gasteiger partial charge in [-0.3, -0.25) is 0 Å². The molecule has 1 aromatic rings. The second-order valence-corrected chi connectivity index (χ2v) is 4.15. The van der Waals surface area contributed by atoms with E-state index in [4.69, 9.17) is 5.73 Å². The fourth-order valence-corrected chi connectivity index (χ4v) is 1.24. The van der Waals surface area contributed by atoms with E-state index in [1.165, 1.54) is 0 Å². The summed E-state index contributed by atoms with van der Waals surface area (Å²) in [6.07, 6.45) is -5.72. The van der Waals surface area contributed by atoms with Crippen molar-refractivity contribution in [1.82, 2.24) is 0 Å². The van der Waals surface area contributed by atoms with E-state index in [1.807, 2.05) is 0 Å². The highest BCUT2D eigenvalue weighted by molar-refractivity contribution is 9.10. The second-order valence-electron chi connectivity index (χ2n) is 3.30. The molecule has 1 rings (SSSR count). The Balaban J connectivity index is 2.85. The van der Waals surface area contributed by atoms with Gasteiger partial charge < -0.3 is 10.5 Å². The molecule has 0 saturated heterocycles. The minimum Gasteiger partial charge on any atom is -0.485 e. The van der Waals surface area contributed by atoms with Crippen molar-refractivity contribution in [2.24, 2.45) is 0 Å². The quantitative estimate of drug-likeness (QED) is 0.673. The van der Waals surface area contributed by atoms with Gasteiger partial charge in [0.2, 0.25) is 0 Å². The Morgan fingerprint density at radius 3 is 2.22 bits per heavy atom. The van der Waals surface area contributed by atoms with Crippen LogP contribution >= 0.6 is 15.9 Å². The fourth-order valence-electron chi connectivity index (χ4n) is 0.919. The highest BCUT2D eigenvalue weighted by Crippen LogP contribution is 2.37. The number of benzene rings is 1. The number of anilines is 1. The molecule has 0 spiro atoms. The average molecular weight is 338 g/mol. The number of alkyl halides is 5. The number of halogens is 7. The van der Waals surface area contributed by atoms with Gasteiger partial charge in [-0.25, -0.2) is 4.39 Å². The van der Waals surface area contributed by atoms with Crippen LogP contribution in [0.15, 0.2) is 16.6 Å². The van der Waals surface area contributed by atoms with Crippen molar-refractivity contribution in [2.45, 2.75) is 12.1 Å². The van der Waals surface area contributed by atoms with Gasteiger partial charge in [-0.2, -0.15) is 22.0 Å². The highest BCUT2D eigenvalue weighted by atomic mass is 79.9. The summed E-state index contributed by atoms with van der Waals surface area (Å²) >= 11 is 2.72. The molecule has 18 heavy (non-hydrogen) atoms. The van der Waals surface area contributed by atoms with Crippen molar-refractivity contribution in [3.8, 4) is 5.75 Å². The number of nitrogens with two attached hydrogens (primary N) is 1. The van der Waals surface area contributed by atoms with E-state index in [0.717, 1.165) is 12.1 Å². The van der Waals surface area contributed by atoms with Gasteiger partial charge in [-0.15, -0.1) is 0 Å². The van der Waals surface area contributed by atoms with E-state index in [-0.39, 0.29) is 10.2 Å². The van der Waals surface area contributed by atoms with E-state index in [9.17, 15) is 26.3 Å². The van der Waals surface area contributed by atoms with Crippen LogP contribution in [0.2, 0.25) is 0 Å². The molecular weight excluding hydrogens is 332 g/mol. The monoisotopic (exact) mass is 337 g/mol. The molecule has 0 amide bonds. The summed E-state index contributed by atoms with van der Waals surface area (Å²) in [7, 11) is 0. The van der Waals surface area contributed by atoms with Crippen molar-refractivity contribution in [2.75, 3.05) is 12.3 Å². The van der Waals surface area contributed by atoms with Gasteiger partial charge in [0.1, 0.15) is 11.6 Å². The largest absolute Gasteiger partial charge is 0.485 e. The first kappa shape index (κ1) is 14.9. The molecule has 0 aliphatic carbocycles. The zero-order chi connectivity index (χ0) is 14.1. The molecule has 0 radical (unpaired) electrons. The van der Waals surface area contributed by atoms with Crippen LogP contribution in [0.1, 0.15) is 0 Å². The standard InChI is InChI=1S/C9H6BrF6NO/c10-4-1-7(6(17)2-5(4)11)18-3-8(12,13)9(14,15)16/h1-2H,3,17H2. The summed E-state index contributed by atoms with van der Waals surface area (Å²) in [5.74, 6) is -6.27. The topological polar surface area (TPSA) is 35.2 Å². The Bertz CT molecular complexity index is 447. The Labute approximate surface area is 106 Å². The predicted octanol–water partition coefficient (Wildman–Crippen LogP) is 3.75. The SMILES string of the molecule is Nc1cc(F)c(Br)cc1OCC(F)(F)C(F)(F)F. The molecule has 0 aliphatic rings. The summed E-state index contributed by atoms with van der Waals surface area (Å²) in [5, 5.41) is 0. The van der Waals surface area contributed by atoms with Gasteiger partial charge in [-0.1, -0.05) is 0 Å². The Morgan fingerprint density at radius 1 is 1.17 bits per heavy atom. The minimum atomic E-state index is -5.72. The lowest BCUT2D eigenvalue weighted by molar-refractivity contribution is -0.289. The van der Waals surface area contributed by atoms with Crippen molar-refractivity contribution in [3.05, 3.63) is 22.4 Å². The first-order valence-electron chi connectivity index (χ1n) is 4.36. The third kappa shape index (κ3) is 3.21. The maximum atomic E-state index is 12.9. The van der Waals surface area contributed by atoms with Crippen molar-refractivity contribution < 1.29 is 31.1 Å². The molecule has 102 valence electrons. The third-order valence-electron chi connectivity index (χ3n) is 1.88. The normalized spacial score (nSPS) is 12.6. The molecule has 9 heteroatoms. The maximum absolute atomic E-state index is 12.9. The molecule has 2 N–H and O–H groups in total. The van der Waals surface area contributed by atoms with E-state index < -0.39 is 30.3 Å². The summed E-state index contributed by atoms with van der Waals surface area (Å²) in [6.45, 7) is -1.93. The molecule has 0 bridgehead atoms. The number of hydrogen-bond donors (Lipinski definition) is 1. The smallest absolute Gasteiger partial charge is 0.456 e. The second kappa shape index (κ2) is 4.87. The molecule has 0 aliphatic heterocycles. The van der Waals surface area contributed by atoms with Gasteiger partial charge >= 0.3 is 12.1 Å². The van der Waals surface area contributed by atoms with Crippen LogP contribution in [0.4, 0.5) is 32.0 Å². The van der Waals surface area contributed by atoms with Gasteiger partial charge in [-0.05, 0) is 22.0 Å². The lowest BCUT2D eigenvalue weighted by atomic mass is 10.3. The van der Waals surface area contributed by atoms with Crippen LogP contribution in [-0.2, 0) is 0 Å². The Morgan fingerprint density at radius 2 is 1.72 bits per heavy atom. The third-order valence-corrected chi connectivity index (χ3v) is 2.48. The van der Waals surface area contributed by atoms with Gasteiger partial charge in [0, 0.05) is 6.07 Å². The molecule has 2 nitrogen and oxygen atoms in total. The van der Waals surface area contributed by atoms with Crippen molar-refractivity contribution in [1.29, 1.82) is 0 Å². The van der Waals surface area contributed by atoms with Crippen LogP contribution in [-0.4, -0.2) is 18.7 Å². The number of rotatable bonds is 3. The Kier molecular flexibility index (Phi) is 4.04. The highest BCUT2D eigenvalue weighted by Gasteiger charge is 2.58. The summed E-state index contributed by atoms with van der Waals surface area (Å²) in [6, 6.07) is 1.61. The predicted molar refractivity (Wildman–Crippen MR) is 55.0 cm³/mol. The molecule has 1 aromatic carbocycles. The first-order chi connectivity index (χ1) is 8.04. The molecule has 0 fully saturated rings. The molecule has 0 saturated carbocycles. The van der Waals surface area contributed by atoms with Crippen molar-refractivity contribution >= 4 is 21.6 Å². The van der Waals surface area contributed by atoms with Crippen LogP contribution in [0, 0.1) is 5.82 Å². The zero-order valence-corrected chi connectivity index (χ0v) is 10.1. The van der Waals surface area contributed by atoms with Gasteiger partial charge in [0.05, 0.1) is 10.2 Å². The molecule has 0 heterocycles. The van der Waals surface area contributed by atoms with Crippen molar-refractivity contribution in [3.63, 3.8) is 0 Å². The summed E-state index contributed by atoms with van der Waals surface area (Å²) in [5.41, 5.74) is 4.84. The van der Waals surface area contributed by atoms with Crippen LogP contribution in [0.5, 0.6) is 5.75 Å².